The fourth-order valence-corrected chi connectivity index (χ4v) is 4.25. The minimum absolute atomic E-state index is 0.135. The first-order chi connectivity index (χ1) is 16.0. The molecule has 4 rings (SSSR count). The molecule has 2 aromatic carbocycles. The Morgan fingerprint density at radius 2 is 1.88 bits per heavy atom. The number of rotatable bonds is 9. The summed E-state index contributed by atoms with van der Waals surface area (Å²) in [5.41, 5.74) is 1.46. The van der Waals surface area contributed by atoms with Crippen molar-refractivity contribution in [2.75, 3.05) is 20.3 Å². The lowest BCUT2D eigenvalue weighted by Gasteiger charge is -2.25. The third-order valence-electron chi connectivity index (χ3n) is 6.08. The van der Waals surface area contributed by atoms with E-state index in [0.717, 1.165) is 24.8 Å². The number of unbranched alkanes of at least 4 members (excludes halogenated alkanes) is 1. The summed E-state index contributed by atoms with van der Waals surface area (Å²) in [6.45, 7) is 7.51. The molecule has 6 heteroatoms. The highest BCUT2D eigenvalue weighted by Gasteiger charge is 2.42. The van der Waals surface area contributed by atoms with Gasteiger partial charge in [0, 0.05) is 6.54 Å². The number of ether oxygens (including phenoxy) is 2. The van der Waals surface area contributed by atoms with E-state index in [1.54, 1.807) is 36.3 Å². The van der Waals surface area contributed by atoms with Crippen LogP contribution in [0.5, 0.6) is 11.5 Å². The van der Waals surface area contributed by atoms with Gasteiger partial charge in [-0.2, -0.15) is 0 Å². The molecule has 0 saturated heterocycles. The van der Waals surface area contributed by atoms with E-state index in [2.05, 4.69) is 20.8 Å². The number of nitrogens with zero attached hydrogens (tertiary/aromatic N) is 1. The predicted molar refractivity (Wildman–Crippen MR) is 128 cm³/mol. The monoisotopic (exact) mass is 449 g/mol. The molecule has 3 aromatic rings. The van der Waals surface area contributed by atoms with Crippen molar-refractivity contribution in [3.63, 3.8) is 0 Å². The van der Waals surface area contributed by atoms with Gasteiger partial charge in [0.25, 0.3) is 5.91 Å². The van der Waals surface area contributed by atoms with Gasteiger partial charge in [0.2, 0.25) is 5.76 Å². The van der Waals surface area contributed by atoms with Crippen LogP contribution < -0.4 is 14.9 Å². The van der Waals surface area contributed by atoms with Gasteiger partial charge < -0.3 is 18.8 Å². The van der Waals surface area contributed by atoms with Gasteiger partial charge in [0.1, 0.15) is 5.58 Å². The molecule has 1 atom stereocenters. The van der Waals surface area contributed by atoms with Crippen LogP contribution in [0.3, 0.4) is 0 Å². The zero-order chi connectivity index (χ0) is 23.5. The summed E-state index contributed by atoms with van der Waals surface area (Å²) in [5, 5.41) is 0.479. The molecule has 1 aliphatic heterocycles. The predicted octanol–water partition coefficient (Wildman–Crippen LogP) is 5.57. The summed E-state index contributed by atoms with van der Waals surface area (Å²) in [6.07, 6.45) is 2.70. The second-order valence-corrected chi connectivity index (χ2v) is 8.87. The van der Waals surface area contributed by atoms with Crippen molar-refractivity contribution in [2.24, 2.45) is 5.92 Å². The topological polar surface area (TPSA) is 69.0 Å². The molecular weight excluding hydrogens is 418 g/mol. The second kappa shape index (κ2) is 9.69. The van der Waals surface area contributed by atoms with E-state index in [9.17, 15) is 9.59 Å². The number of para-hydroxylation sites is 1. The molecule has 1 aliphatic rings. The van der Waals surface area contributed by atoms with Crippen molar-refractivity contribution in [3.05, 3.63) is 69.6 Å². The Morgan fingerprint density at radius 3 is 2.61 bits per heavy atom. The minimum Gasteiger partial charge on any atom is -0.493 e. The quantitative estimate of drug-likeness (QED) is 0.427. The van der Waals surface area contributed by atoms with Crippen molar-refractivity contribution in [2.45, 2.75) is 46.1 Å². The molecule has 0 bridgehead atoms. The van der Waals surface area contributed by atoms with Crippen LogP contribution in [0, 0.1) is 5.92 Å². The van der Waals surface area contributed by atoms with Crippen molar-refractivity contribution >= 4 is 16.9 Å². The molecule has 2 heterocycles. The van der Waals surface area contributed by atoms with Crippen molar-refractivity contribution in [1.29, 1.82) is 0 Å². The van der Waals surface area contributed by atoms with Gasteiger partial charge in [-0.05, 0) is 48.6 Å². The number of benzene rings is 2. The molecule has 0 aliphatic carbocycles. The van der Waals surface area contributed by atoms with Crippen molar-refractivity contribution in [3.8, 4) is 11.5 Å². The summed E-state index contributed by atoms with van der Waals surface area (Å²) < 4.78 is 17.5. The summed E-state index contributed by atoms with van der Waals surface area (Å²) in [5.74, 6) is 1.66. The normalized spacial score (nSPS) is 15.4. The summed E-state index contributed by atoms with van der Waals surface area (Å²) >= 11 is 0. The zero-order valence-electron chi connectivity index (χ0n) is 19.7. The van der Waals surface area contributed by atoms with E-state index >= 15 is 0 Å². The van der Waals surface area contributed by atoms with Crippen LogP contribution >= 0.6 is 0 Å². The molecule has 1 aromatic heterocycles. The Balaban J connectivity index is 1.80. The van der Waals surface area contributed by atoms with Gasteiger partial charge in [0.15, 0.2) is 16.9 Å². The first-order valence-electron chi connectivity index (χ1n) is 11.6. The summed E-state index contributed by atoms with van der Waals surface area (Å²) in [7, 11) is 1.60. The molecule has 0 fully saturated rings. The fraction of sp³-hybridized carbons (Fsp3) is 0.407. The maximum absolute atomic E-state index is 13.5. The van der Waals surface area contributed by atoms with E-state index < -0.39 is 6.04 Å². The lowest BCUT2D eigenvalue weighted by molar-refractivity contribution is 0.0725. The van der Waals surface area contributed by atoms with Crippen LogP contribution in [0.15, 0.2) is 51.7 Å². The Morgan fingerprint density at radius 1 is 1.09 bits per heavy atom. The van der Waals surface area contributed by atoms with Gasteiger partial charge in [-0.1, -0.05) is 45.4 Å². The van der Waals surface area contributed by atoms with Gasteiger partial charge in [-0.3, -0.25) is 9.59 Å². The third kappa shape index (κ3) is 4.34. The number of amides is 1. The molecule has 174 valence electrons. The molecule has 33 heavy (non-hydrogen) atoms. The average molecular weight is 450 g/mol. The van der Waals surface area contributed by atoms with Crippen LogP contribution in [0.1, 0.15) is 67.8 Å². The van der Waals surface area contributed by atoms with Crippen LogP contribution in [0.25, 0.3) is 11.0 Å². The second-order valence-electron chi connectivity index (χ2n) is 8.87. The maximum atomic E-state index is 13.5. The Kier molecular flexibility index (Phi) is 6.72. The molecule has 0 N–H and O–H groups in total. The number of fused-ring (bicyclic) bond motifs is 2. The van der Waals surface area contributed by atoms with Crippen molar-refractivity contribution < 1.29 is 18.7 Å². The molecule has 6 nitrogen and oxygen atoms in total. The van der Waals surface area contributed by atoms with E-state index in [1.165, 1.54) is 0 Å². The van der Waals surface area contributed by atoms with E-state index in [1.807, 2.05) is 18.2 Å². The lowest BCUT2D eigenvalue weighted by atomic mass is 9.98. The molecule has 0 saturated carbocycles. The number of carbonyl (C=O) groups is 1. The molecule has 0 unspecified atom stereocenters. The largest absolute Gasteiger partial charge is 0.493 e. The van der Waals surface area contributed by atoms with E-state index in [0.29, 0.717) is 47.1 Å². The highest BCUT2D eigenvalue weighted by molar-refractivity contribution is 5.99. The molecule has 0 spiro atoms. The first-order valence-corrected chi connectivity index (χ1v) is 11.6. The van der Waals surface area contributed by atoms with Crippen LogP contribution in [0.2, 0.25) is 0 Å². The lowest BCUT2D eigenvalue weighted by Crippen LogP contribution is -2.30. The van der Waals surface area contributed by atoms with Gasteiger partial charge in [0.05, 0.1) is 30.7 Å². The van der Waals surface area contributed by atoms with Gasteiger partial charge >= 0.3 is 0 Å². The van der Waals surface area contributed by atoms with Crippen LogP contribution in [-0.2, 0) is 0 Å². The molecule has 1 amide bonds. The van der Waals surface area contributed by atoms with E-state index in [-0.39, 0.29) is 17.1 Å². The number of methoxy groups -OCH3 is 1. The zero-order valence-corrected chi connectivity index (χ0v) is 19.7. The highest BCUT2D eigenvalue weighted by Crippen LogP contribution is 2.41. The van der Waals surface area contributed by atoms with E-state index in [4.69, 9.17) is 13.9 Å². The molecular formula is C27H31NO5. The summed E-state index contributed by atoms with van der Waals surface area (Å²) in [6, 6.07) is 12.2. The number of hydrogen-bond acceptors (Lipinski definition) is 5. The highest BCUT2D eigenvalue weighted by atomic mass is 16.5. The SMILES string of the molecule is CCCCN1C(=O)c2oc3ccccc3c(=O)c2[C@H]1c1ccc(OCCC(C)C)c(OC)c1. The average Bonchev–Trinajstić information content (AvgIpc) is 3.09. The third-order valence-corrected chi connectivity index (χ3v) is 6.08. The van der Waals surface area contributed by atoms with Crippen LogP contribution in [-0.4, -0.2) is 31.1 Å². The Bertz CT molecular complexity index is 1210. The minimum atomic E-state index is -0.529. The fourth-order valence-electron chi connectivity index (χ4n) is 4.25. The Labute approximate surface area is 194 Å². The Hall–Kier alpha value is -3.28. The molecule has 0 radical (unpaired) electrons. The standard InChI is InChI=1S/C27H31NO5/c1-5-6-14-28-24(18-11-12-21(22(16-18)31-4)32-15-13-17(2)3)23-25(29)19-9-7-8-10-20(19)33-26(23)27(28)30/h7-12,16-17,24H,5-6,13-15H2,1-4H3/t24-/m1/s1. The van der Waals surface area contributed by atoms with Gasteiger partial charge in [-0.25, -0.2) is 0 Å². The first kappa shape index (κ1) is 22.9. The summed E-state index contributed by atoms with van der Waals surface area (Å²) in [4.78, 5) is 28.6. The van der Waals surface area contributed by atoms with Gasteiger partial charge in [-0.15, -0.1) is 0 Å². The van der Waals surface area contributed by atoms with Crippen LogP contribution in [0.4, 0.5) is 0 Å². The smallest absolute Gasteiger partial charge is 0.290 e. The van der Waals surface area contributed by atoms with Crippen molar-refractivity contribution in [1.82, 2.24) is 4.90 Å². The number of hydrogen-bond donors (Lipinski definition) is 0. The maximum Gasteiger partial charge on any atom is 0.290 e. The number of carbonyl (C=O) groups excluding carboxylic acids is 1.